The van der Waals surface area contributed by atoms with Gasteiger partial charge in [0, 0.05) is 11.8 Å². The van der Waals surface area contributed by atoms with Crippen LogP contribution in [-0.2, 0) is 0 Å². The van der Waals surface area contributed by atoms with Crippen molar-refractivity contribution in [3.8, 4) is 0 Å². The van der Waals surface area contributed by atoms with Crippen LogP contribution in [0.15, 0.2) is 0 Å². The molecule has 1 nitrogen and oxygen atoms in total. The summed E-state index contributed by atoms with van der Waals surface area (Å²) in [5.41, 5.74) is 0. The molecule has 64 valence electrons. The molecule has 1 aliphatic carbocycles. The van der Waals surface area contributed by atoms with Gasteiger partial charge in [0.15, 0.2) is 0 Å². The molecule has 1 heteroatoms. The Bertz CT molecular complexity index is 146. The van der Waals surface area contributed by atoms with E-state index >= 15 is 0 Å². The molecule has 1 heterocycles. The Labute approximate surface area is 70.0 Å². The van der Waals surface area contributed by atoms with Crippen molar-refractivity contribution >= 4 is 0 Å². The lowest BCUT2D eigenvalue weighted by Gasteiger charge is -2.25. The molecule has 0 aromatic heterocycles. The molecular weight excluding hydrogens is 134 g/mol. The summed E-state index contributed by atoms with van der Waals surface area (Å²) in [5, 5.41) is 0. The average molecular weight is 154 g/mol. The Hall–Kier alpha value is -0.0400. The van der Waals surface area contributed by atoms with Crippen LogP contribution in [0.25, 0.3) is 0 Å². The van der Waals surface area contributed by atoms with Crippen LogP contribution in [0.1, 0.15) is 19.8 Å². The molecule has 0 aromatic carbocycles. The SMILES string of the molecule is CC1CC2C[N+](C)(C)CC2C1. The topological polar surface area (TPSA) is 0 Å². The van der Waals surface area contributed by atoms with Crippen molar-refractivity contribution < 1.29 is 4.48 Å². The second kappa shape index (κ2) is 2.22. The van der Waals surface area contributed by atoms with Crippen molar-refractivity contribution in [3.63, 3.8) is 0 Å². The van der Waals surface area contributed by atoms with E-state index in [1.165, 1.54) is 30.4 Å². The standard InChI is InChI=1S/C10H20N/c1-8-4-9-6-11(2,3)7-10(9)5-8/h8-10H,4-7H2,1-3H3/q+1. The molecule has 2 aliphatic rings. The van der Waals surface area contributed by atoms with Crippen LogP contribution in [0.5, 0.6) is 0 Å². The number of quaternary nitrogens is 1. The minimum atomic E-state index is 1.02. The average Bonchev–Trinajstić information content (AvgIpc) is 2.17. The highest BCUT2D eigenvalue weighted by molar-refractivity contribution is 4.84. The van der Waals surface area contributed by atoms with Gasteiger partial charge in [0.25, 0.3) is 0 Å². The first-order chi connectivity index (χ1) is 5.07. The van der Waals surface area contributed by atoms with Crippen LogP contribution in [-0.4, -0.2) is 31.7 Å². The lowest BCUT2D eigenvalue weighted by Crippen LogP contribution is -2.37. The molecule has 1 aliphatic heterocycles. The third-order valence-corrected chi connectivity index (χ3v) is 3.53. The Morgan fingerprint density at radius 3 is 1.91 bits per heavy atom. The van der Waals surface area contributed by atoms with Gasteiger partial charge in [-0.15, -0.1) is 0 Å². The maximum atomic E-state index is 2.42. The summed E-state index contributed by atoms with van der Waals surface area (Å²) in [5.74, 6) is 3.16. The molecule has 0 bridgehead atoms. The predicted molar refractivity (Wildman–Crippen MR) is 47.2 cm³/mol. The van der Waals surface area contributed by atoms with E-state index in [4.69, 9.17) is 0 Å². The fourth-order valence-corrected chi connectivity index (χ4v) is 3.31. The number of fused-ring (bicyclic) bond motifs is 1. The van der Waals surface area contributed by atoms with Crippen molar-refractivity contribution in [3.05, 3.63) is 0 Å². The van der Waals surface area contributed by atoms with E-state index in [9.17, 15) is 0 Å². The molecule has 2 fully saturated rings. The van der Waals surface area contributed by atoms with Gasteiger partial charge in [0.05, 0.1) is 27.2 Å². The van der Waals surface area contributed by atoms with Crippen molar-refractivity contribution in [1.82, 2.24) is 0 Å². The summed E-state index contributed by atoms with van der Waals surface area (Å²) in [7, 11) is 4.76. The van der Waals surface area contributed by atoms with E-state index in [1.807, 2.05) is 0 Å². The summed E-state index contributed by atoms with van der Waals surface area (Å²) in [6.45, 7) is 5.29. The molecular formula is C10H20N+. The fourth-order valence-electron chi connectivity index (χ4n) is 3.31. The molecule has 0 N–H and O–H groups in total. The van der Waals surface area contributed by atoms with Gasteiger partial charge in [-0.3, -0.25) is 0 Å². The van der Waals surface area contributed by atoms with Crippen molar-refractivity contribution in [2.45, 2.75) is 19.8 Å². The zero-order chi connectivity index (χ0) is 8.06. The Morgan fingerprint density at radius 1 is 1.00 bits per heavy atom. The normalized spacial score (nSPS) is 47.7. The first-order valence-electron chi connectivity index (χ1n) is 4.89. The lowest BCUT2D eigenvalue weighted by molar-refractivity contribution is -0.881. The minimum Gasteiger partial charge on any atom is -0.328 e. The monoisotopic (exact) mass is 154 g/mol. The third kappa shape index (κ3) is 1.31. The number of rotatable bonds is 0. The zero-order valence-electron chi connectivity index (χ0n) is 8.01. The van der Waals surface area contributed by atoms with E-state index in [-0.39, 0.29) is 0 Å². The second-order valence-electron chi connectivity index (χ2n) is 5.40. The molecule has 0 spiro atoms. The van der Waals surface area contributed by atoms with Gasteiger partial charge in [0.1, 0.15) is 0 Å². The minimum absolute atomic E-state index is 1.02. The number of nitrogens with zero attached hydrogens (tertiary/aromatic N) is 1. The molecule has 1 saturated heterocycles. The van der Waals surface area contributed by atoms with E-state index in [0.717, 1.165) is 17.8 Å². The quantitative estimate of drug-likeness (QED) is 0.466. The number of likely N-dealkylation sites (tertiary alicyclic amines) is 1. The fraction of sp³-hybridized carbons (Fsp3) is 1.00. The second-order valence-corrected chi connectivity index (χ2v) is 5.40. The largest absolute Gasteiger partial charge is 0.328 e. The highest BCUT2D eigenvalue weighted by atomic mass is 15.3. The summed E-state index contributed by atoms with van der Waals surface area (Å²) in [6, 6.07) is 0. The summed E-state index contributed by atoms with van der Waals surface area (Å²) < 4.78 is 1.28. The van der Waals surface area contributed by atoms with Gasteiger partial charge in [0.2, 0.25) is 0 Å². The summed E-state index contributed by atoms with van der Waals surface area (Å²) in [6.07, 6.45) is 3.01. The van der Waals surface area contributed by atoms with Crippen LogP contribution in [0, 0.1) is 17.8 Å². The number of hydrogen-bond acceptors (Lipinski definition) is 0. The van der Waals surface area contributed by atoms with Gasteiger partial charge >= 0.3 is 0 Å². The highest BCUT2D eigenvalue weighted by Crippen LogP contribution is 2.42. The van der Waals surface area contributed by atoms with Gasteiger partial charge in [-0.1, -0.05) is 6.92 Å². The highest BCUT2D eigenvalue weighted by Gasteiger charge is 2.44. The molecule has 0 amide bonds. The van der Waals surface area contributed by atoms with Gasteiger partial charge in [-0.25, -0.2) is 0 Å². The summed E-state index contributed by atoms with van der Waals surface area (Å²) >= 11 is 0. The molecule has 2 rings (SSSR count). The van der Waals surface area contributed by atoms with Crippen LogP contribution in [0.3, 0.4) is 0 Å². The third-order valence-electron chi connectivity index (χ3n) is 3.53. The maximum Gasteiger partial charge on any atom is 0.0816 e. The van der Waals surface area contributed by atoms with E-state index in [0.29, 0.717) is 0 Å². The van der Waals surface area contributed by atoms with E-state index in [1.54, 1.807) is 0 Å². The predicted octanol–water partition coefficient (Wildman–Crippen LogP) is 1.74. The molecule has 11 heavy (non-hydrogen) atoms. The van der Waals surface area contributed by atoms with Gasteiger partial charge in [-0.2, -0.15) is 0 Å². The van der Waals surface area contributed by atoms with Gasteiger partial charge < -0.3 is 4.48 Å². The first-order valence-corrected chi connectivity index (χ1v) is 4.89. The zero-order valence-corrected chi connectivity index (χ0v) is 8.01. The maximum absolute atomic E-state index is 2.42. The smallest absolute Gasteiger partial charge is 0.0816 e. The van der Waals surface area contributed by atoms with Crippen LogP contribution < -0.4 is 0 Å². The van der Waals surface area contributed by atoms with Crippen LogP contribution >= 0.6 is 0 Å². The Kier molecular flexibility index (Phi) is 1.54. The van der Waals surface area contributed by atoms with Crippen molar-refractivity contribution in [2.24, 2.45) is 17.8 Å². The molecule has 2 unspecified atom stereocenters. The van der Waals surface area contributed by atoms with Crippen molar-refractivity contribution in [2.75, 3.05) is 27.2 Å². The molecule has 2 atom stereocenters. The summed E-state index contributed by atoms with van der Waals surface area (Å²) in [4.78, 5) is 0. The van der Waals surface area contributed by atoms with Crippen LogP contribution in [0.2, 0.25) is 0 Å². The van der Waals surface area contributed by atoms with Crippen molar-refractivity contribution in [1.29, 1.82) is 0 Å². The molecule has 0 radical (unpaired) electrons. The molecule has 0 aromatic rings. The van der Waals surface area contributed by atoms with E-state index < -0.39 is 0 Å². The Balaban J connectivity index is 2.04. The van der Waals surface area contributed by atoms with Crippen LogP contribution in [0.4, 0.5) is 0 Å². The Morgan fingerprint density at radius 2 is 1.45 bits per heavy atom. The number of hydrogen-bond donors (Lipinski definition) is 0. The van der Waals surface area contributed by atoms with Gasteiger partial charge in [-0.05, 0) is 18.8 Å². The van der Waals surface area contributed by atoms with E-state index in [2.05, 4.69) is 21.0 Å². The lowest BCUT2D eigenvalue weighted by atomic mass is 10.0. The first kappa shape index (κ1) is 7.60. The molecule has 1 saturated carbocycles.